The summed E-state index contributed by atoms with van der Waals surface area (Å²) < 4.78 is 10.6. The van der Waals surface area contributed by atoms with E-state index in [-0.39, 0.29) is 12.5 Å². The first kappa shape index (κ1) is 24.2. The lowest BCUT2D eigenvalue weighted by atomic mass is 9.98. The molecule has 4 atom stereocenters. The molecule has 9 nitrogen and oxygen atoms in total. The van der Waals surface area contributed by atoms with Gasteiger partial charge in [-0.2, -0.15) is 0 Å². The highest BCUT2D eigenvalue weighted by molar-refractivity contribution is 5.90. The summed E-state index contributed by atoms with van der Waals surface area (Å²) in [5.74, 6) is -2.36. The molecule has 176 valence electrons. The number of ether oxygens (including phenoxy) is 2. The Labute approximate surface area is 191 Å². The van der Waals surface area contributed by atoms with Gasteiger partial charge in [0.1, 0.15) is 12.6 Å². The van der Waals surface area contributed by atoms with Crippen LogP contribution in [0.3, 0.4) is 0 Å². The fourth-order valence-electron chi connectivity index (χ4n) is 3.93. The maximum absolute atomic E-state index is 12.7. The first-order chi connectivity index (χ1) is 15.7. The number of carbonyl (C=O) groups is 3. The van der Waals surface area contributed by atoms with E-state index in [4.69, 9.17) is 9.47 Å². The van der Waals surface area contributed by atoms with Crippen molar-refractivity contribution < 1.29 is 34.1 Å². The number of amides is 2. The minimum absolute atomic E-state index is 0.0565. The number of carboxylic acids is 1. The highest BCUT2D eigenvalue weighted by Gasteiger charge is 2.34. The number of fused-ring (bicyclic) bond motifs is 3. The van der Waals surface area contributed by atoms with Gasteiger partial charge in [0.05, 0.1) is 12.2 Å². The lowest BCUT2D eigenvalue weighted by molar-refractivity contribution is -0.145. The molecule has 2 aromatic carbocycles. The summed E-state index contributed by atoms with van der Waals surface area (Å²) in [5, 5.41) is 23.5. The number of nitrogens with one attached hydrogen (secondary N) is 2. The van der Waals surface area contributed by atoms with Crippen LogP contribution in [-0.4, -0.2) is 66.2 Å². The summed E-state index contributed by atoms with van der Waals surface area (Å²) >= 11 is 0. The van der Waals surface area contributed by atoms with Gasteiger partial charge in [0.25, 0.3) is 0 Å². The molecular weight excluding hydrogens is 428 g/mol. The molecule has 0 saturated heterocycles. The Morgan fingerprint density at radius 3 is 1.97 bits per heavy atom. The van der Waals surface area contributed by atoms with Crippen molar-refractivity contribution in [1.29, 1.82) is 0 Å². The number of aliphatic carboxylic acids is 1. The predicted octanol–water partition coefficient (Wildman–Crippen LogP) is 1.88. The number of aliphatic hydroxyl groups is 1. The van der Waals surface area contributed by atoms with Crippen LogP contribution in [0.25, 0.3) is 11.1 Å². The molecule has 0 aromatic heterocycles. The van der Waals surface area contributed by atoms with Crippen molar-refractivity contribution in [1.82, 2.24) is 10.6 Å². The van der Waals surface area contributed by atoms with E-state index in [1.54, 1.807) is 6.92 Å². The zero-order valence-electron chi connectivity index (χ0n) is 18.6. The van der Waals surface area contributed by atoms with E-state index in [0.29, 0.717) is 0 Å². The smallest absolute Gasteiger partial charge is 0.407 e. The quantitative estimate of drug-likeness (QED) is 0.453. The average molecular weight is 456 g/mol. The minimum atomic E-state index is -1.53. The van der Waals surface area contributed by atoms with E-state index in [2.05, 4.69) is 10.6 Å². The zero-order valence-corrected chi connectivity index (χ0v) is 18.6. The van der Waals surface area contributed by atoms with Crippen LogP contribution in [-0.2, 0) is 19.1 Å². The Kier molecular flexibility index (Phi) is 7.67. The van der Waals surface area contributed by atoms with E-state index < -0.39 is 42.3 Å². The van der Waals surface area contributed by atoms with Crippen molar-refractivity contribution in [3.8, 4) is 11.1 Å². The van der Waals surface area contributed by atoms with Crippen LogP contribution < -0.4 is 10.6 Å². The lowest BCUT2D eigenvalue weighted by Gasteiger charge is -2.26. The third-order valence-electron chi connectivity index (χ3n) is 5.79. The first-order valence-corrected chi connectivity index (χ1v) is 10.6. The number of carboxylic acid groups (broad SMARTS) is 1. The predicted molar refractivity (Wildman–Crippen MR) is 120 cm³/mol. The molecule has 2 aromatic rings. The molecule has 0 saturated carbocycles. The molecule has 0 spiro atoms. The molecule has 2 amide bonds. The fraction of sp³-hybridized carbons (Fsp3) is 0.375. The van der Waals surface area contributed by atoms with Gasteiger partial charge in [0, 0.05) is 13.0 Å². The van der Waals surface area contributed by atoms with Crippen LogP contribution in [0.5, 0.6) is 0 Å². The number of hydrogen-bond donors (Lipinski definition) is 4. The van der Waals surface area contributed by atoms with Gasteiger partial charge in [-0.1, -0.05) is 48.5 Å². The van der Waals surface area contributed by atoms with Crippen molar-refractivity contribution in [3.63, 3.8) is 0 Å². The summed E-state index contributed by atoms with van der Waals surface area (Å²) in [5.41, 5.74) is 4.27. The maximum atomic E-state index is 12.7. The zero-order chi connectivity index (χ0) is 24.1. The standard InChI is InChI=1S/C24H28N2O7/c1-13(27)20(23(29)30)25-22(28)21(14(2)32-3)26-24(31)33-12-19-17-10-6-4-8-15(17)16-9-5-7-11-18(16)19/h4-11,13-14,19-21,27H,12H2,1-3H3,(H,25,28)(H,26,31)(H,29,30). The van der Waals surface area contributed by atoms with Gasteiger partial charge in [-0.15, -0.1) is 0 Å². The summed E-state index contributed by atoms with van der Waals surface area (Å²) in [6, 6.07) is 13.0. The molecule has 9 heteroatoms. The minimum Gasteiger partial charge on any atom is -0.480 e. The monoisotopic (exact) mass is 456 g/mol. The second-order valence-corrected chi connectivity index (χ2v) is 7.95. The second-order valence-electron chi connectivity index (χ2n) is 7.95. The molecule has 0 radical (unpaired) electrons. The SMILES string of the molecule is COC(C)C(NC(=O)OCC1c2ccccc2-c2ccccc21)C(=O)NC(C(=O)O)C(C)O. The molecule has 3 rings (SSSR count). The van der Waals surface area contributed by atoms with Crippen molar-refractivity contribution in [2.45, 2.75) is 44.1 Å². The van der Waals surface area contributed by atoms with Crippen molar-refractivity contribution >= 4 is 18.0 Å². The van der Waals surface area contributed by atoms with Gasteiger partial charge in [-0.25, -0.2) is 9.59 Å². The van der Waals surface area contributed by atoms with E-state index in [0.717, 1.165) is 22.3 Å². The Hall–Kier alpha value is -3.43. The molecule has 4 N–H and O–H groups in total. The molecule has 1 aliphatic carbocycles. The highest BCUT2D eigenvalue weighted by Crippen LogP contribution is 2.44. The van der Waals surface area contributed by atoms with Gasteiger partial charge in [0.2, 0.25) is 5.91 Å². The third kappa shape index (κ3) is 5.32. The molecule has 0 aliphatic heterocycles. The lowest BCUT2D eigenvalue weighted by Crippen LogP contribution is -2.58. The summed E-state index contributed by atoms with van der Waals surface area (Å²) in [6.07, 6.45) is -2.96. The highest BCUT2D eigenvalue weighted by atomic mass is 16.5. The van der Waals surface area contributed by atoms with Crippen molar-refractivity contribution in [3.05, 3.63) is 59.7 Å². The van der Waals surface area contributed by atoms with Crippen LogP contribution in [0.4, 0.5) is 4.79 Å². The van der Waals surface area contributed by atoms with E-state index in [1.165, 1.54) is 14.0 Å². The average Bonchev–Trinajstić information content (AvgIpc) is 3.12. The third-order valence-corrected chi connectivity index (χ3v) is 5.79. The Morgan fingerprint density at radius 1 is 0.939 bits per heavy atom. The van der Waals surface area contributed by atoms with Gasteiger partial charge < -0.3 is 30.3 Å². The molecule has 1 aliphatic rings. The van der Waals surface area contributed by atoms with Crippen LogP contribution in [0.15, 0.2) is 48.5 Å². The largest absolute Gasteiger partial charge is 0.480 e. The van der Waals surface area contributed by atoms with Gasteiger partial charge >= 0.3 is 12.1 Å². The van der Waals surface area contributed by atoms with Crippen LogP contribution in [0.1, 0.15) is 30.9 Å². The maximum Gasteiger partial charge on any atom is 0.407 e. The van der Waals surface area contributed by atoms with E-state index in [1.807, 2.05) is 48.5 Å². The Balaban J connectivity index is 1.69. The Bertz CT molecular complexity index is 978. The van der Waals surface area contributed by atoms with E-state index in [9.17, 15) is 24.6 Å². The van der Waals surface area contributed by atoms with Crippen molar-refractivity contribution in [2.75, 3.05) is 13.7 Å². The normalized spacial score (nSPS) is 16.0. The molecule has 4 unspecified atom stereocenters. The summed E-state index contributed by atoms with van der Waals surface area (Å²) in [7, 11) is 1.35. The second kappa shape index (κ2) is 10.5. The number of aliphatic hydroxyl groups excluding tert-OH is 1. The Morgan fingerprint density at radius 2 is 1.48 bits per heavy atom. The first-order valence-electron chi connectivity index (χ1n) is 10.6. The van der Waals surface area contributed by atoms with Gasteiger partial charge in [0.15, 0.2) is 6.04 Å². The van der Waals surface area contributed by atoms with Crippen LogP contribution in [0.2, 0.25) is 0 Å². The topological polar surface area (TPSA) is 134 Å². The van der Waals surface area contributed by atoms with E-state index >= 15 is 0 Å². The number of rotatable bonds is 9. The number of benzene rings is 2. The summed E-state index contributed by atoms with van der Waals surface area (Å²) in [4.78, 5) is 36.5. The number of hydrogen-bond acceptors (Lipinski definition) is 6. The number of alkyl carbamates (subject to hydrolysis) is 1. The fourth-order valence-corrected chi connectivity index (χ4v) is 3.93. The van der Waals surface area contributed by atoms with Gasteiger partial charge in [-0.05, 0) is 36.1 Å². The number of carbonyl (C=O) groups excluding carboxylic acids is 2. The molecule has 33 heavy (non-hydrogen) atoms. The molecular formula is C24H28N2O7. The van der Waals surface area contributed by atoms with Crippen molar-refractivity contribution in [2.24, 2.45) is 0 Å². The summed E-state index contributed by atoms with van der Waals surface area (Å²) in [6.45, 7) is 2.85. The number of methoxy groups -OCH3 is 1. The van der Waals surface area contributed by atoms with Crippen LogP contribution >= 0.6 is 0 Å². The van der Waals surface area contributed by atoms with Gasteiger partial charge in [-0.3, -0.25) is 4.79 Å². The molecule has 0 fully saturated rings. The molecule has 0 bridgehead atoms. The molecule has 0 heterocycles. The van der Waals surface area contributed by atoms with Crippen LogP contribution in [0, 0.1) is 0 Å².